The normalized spacial score (nSPS) is 50.5. The van der Waals surface area contributed by atoms with Crippen molar-refractivity contribution < 1.29 is 33.0 Å². The predicted octanol–water partition coefficient (Wildman–Crippen LogP) is 3.49. The van der Waals surface area contributed by atoms with Crippen molar-refractivity contribution in [2.24, 2.45) is 17.3 Å². The maximum atomic E-state index is 14.1. The van der Waals surface area contributed by atoms with Crippen molar-refractivity contribution >= 4 is 36.4 Å². The molecular formula is C26H36BrNO7Si. The molecule has 4 saturated heterocycles. The van der Waals surface area contributed by atoms with Gasteiger partial charge in [0, 0.05) is 24.7 Å². The number of alkyl halides is 1. The molecule has 198 valence electrons. The number of ether oxygens (including phenoxy) is 4. The van der Waals surface area contributed by atoms with Gasteiger partial charge >= 0.3 is 0 Å². The van der Waals surface area contributed by atoms with Gasteiger partial charge in [0.1, 0.15) is 10.4 Å². The van der Waals surface area contributed by atoms with Gasteiger partial charge in [-0.1, -0.05) is 28.9 Å². The Morgan fingerprint density at radius 2 is 1.89 bits per heavy atom. The highest BCUT2D eigenvalue weighted by Crippen LogP contribution is 2.67. The minimum absolute atomic E-state index is 0.0914. The molecule has 4 aliphatic heterocycles. The summed E-state index contributed by atoms with van der Waals surface area (Å²) >= 11 is 4.03. The molecule has 0 radical (unpaired) electrons. The molecule has 0 unspecified atom stereocenters. The highest BCUT2D eigenvalue weighted by Gasteiger charge is 2.72. The fourth-order valence-electron chi connectivity index (χ4n) is 8.84. The maximum Gasteiger partial charge on any atom is 0.244 e. The summed E-state index contributed by atoms with van der Waals surface area (Å²) in [6.45, 7) is 9.87. The first-order valence-electron chi connectivity index (χ1n) is 13.4. The zero-order chi connectivity index (χ0) is 25.3. The molecule has 0 aromatic carbocycles. The minimum Gasteiger partial charge on any atom is -0.410 e. The Labute approximate surface area is 221 Å². The second-order valence-corrected chi connectivity index (χ2v) is 18.9. The van der Waals surface area contributed by atoms with Crippen LogP contribution in [0, 0.1) is 17.3 Å². The molecule has 9 atom stereocenters. The predicted molar refractivity (Wildman–Crippen MR) is 135 cm³/mol. The van der Waals surface area contributed by atoms with E-state index < -0.39 is 30.4 Å². The number of rotatable bonds is 3. The van der Waals surface area contributed by atoms with Gasteiger partial charge in [0.15, 0.2) is 19.9 Å². The van der Waals surface area contributed by atoms with Crippen molar-refractivity contribution in [3.63, 3.8) is 0 Å². The zero-order valence-corrected chi connectivity index (χ0v) is 24.0. The molecule has 3 saturated carbocycles. The lowest BCUT2D eigenvalue weighted by Crippen LogP contribution is -2.75. The van der Waals surface area contributed by atoms with Crippen LogP contribution in [0.1, 0.15) is 45.4 Å². The molecule has 8 nitrogen and oxygen atoms in total. The third-order valence-electron chi connectivity index (χ3n) is 10.3. The average Bonchev–Trinajstić information content (AvgIpc) is 3.35. The van der Waals surface area contributed by atoms with Crippen LogP contribution in [0.4, 0.5) is 0 Å². The van der Waals surface area contributed by atoms with Gasteiger partial charge < -0.3 is 23.4 Å². The Bertz CT molecular complexity index is 1040. The summed E-state index contributed by atoms with van der Waals surface area (Å²) in [5, 5.41) is 0. The maximum absolute atomic E-state index is 14.1. The van der Waals surface area contributed by atoms with Gasteiger partial charge in [-0.05, 0) is 56.3 Å². The van der Waals surface area contributed by atoms with Crippen molar-refractivity contribution in [1.82, 2.24) is 4.90 Å². The van der Waals surface area contributed by atoms with Crippen molar-refractivity contribution in [2.45, 2.75) is 105 Å². The monoisotopic (exact) mass is 581 g/mol. The summed E-state index contributed by atoms with van der Waals surface area (Å²) in [6.07, 6.45) is 6.25. The number of ketones is 1. The van der Waals surface area contributed by atoms with Crippen LogP contribution < -0.4 is 0 Å². The van der Waals surface area contributed by atoms with Gasteiger partial charge in [-0.3, -0.25) is 14.5 Å². The van der Waals surface area contributed by atoms with Gasteiger partial charge in [0.05, 0.1) is 31.0 Å². The molecule has 4 heterocycles. The molecule has 8 rings (SSSR count). The molecule has 0 aromatic heterocycles. The highest BCUT2D eigenvalue weighted by atomic mass is 79.9. The zero-order valence-electron chi connectivity index (χ0n) is 21.5. The van der Waals surface area contributed by atoms with Crippen LogP contribution >= 0.6 is 15.9 Å². The first-order chi connectivity index (χ1) is 17.0. The Kier molecular flexibility index (Phi) is 5.10. The van der Waals surface area contributed by atoms with Crippen LogP contribution in [0.5, 0.6) is 0 Å². The summed E-state index contributed by atoms with van der Waals surface area (Å²) in [5.41, 5.74) is 0.143. The molecule has 7 fully saturated rings. The third kappa shape index (κ3) is 2.98. The van der Waals surface area contributed by atoms with Gasteiger partial charge in [-0.2, -0.15) is 0 Å². The van der Waals surface area contributed by atoms with Crippen LogP contribution in [0.25, 0.3) is 0 Å². The van der Waals surface area contributed by atoms with E-state index in [1.165, 1.54) is 0 Å². The van der Waals surface area contributed by atoms with E-state index in [9.17, 15) is 9.59 Å². The quantitative estimate of drug-likeness (QED) is 0.218. The minimum atomic E-state index is -1.94. The smallest absolute Gasteiger partial charge is 0.244 e. The number of carbonyl (C=O) groups is 2. The number of allylic oxidation sites excluding steroid dienone is 1. The average molecular weight is 583 g/mol. The summed E-state index contributed by atoms with van der Waals surface area (Å²) in [6, 6.07) is -0.0914. The topological polar surface area (TPSA) is 83.5 Å². The molecule has 4 aliphatic carbocycles. The first-order valence-corrected chi connectivity index (χ1v) is 17.6. The van der Waals surface area contributed by atoms with Crippen molar-refractivity contribution in [3.8, 4) is 0 Å². The largest absolute Gasteiger partial charge is 0.410 e. The van der Waals surface area contributed by atoms with E-state index in [0.29, 0.717) is 26.1 Å². The molecule has 0 N–H and O–H groups in total. The lowest BCUT2D eigenvalue weighted by molar-refractivity contribution is -0.379. The van der Waals surface area contributed by atoms with Gasteiger partial charge in [-0.15, -0.1) is 0 Å². The second-order valence-electron chi connectivity index (χ2n) is 13.1. The van der Waals surface area contributed by atoms with Crippen molar-refractivity contribution in [3.05, 3.63) is 11.6 Å². The fraction of sp³-hybridized carbons (Fsp3) is 0.846. The van der Waals surface area contributed by atoms with E-state index in [1.54, 1.807) is 4.90 Å². The highest BCUT2D eigenvalue weighted by molar-refractivity contribution is 9.10. The Morgan fingerprint density at radius 3 is 2.58 bits per heavy atom. The molecule has 36 heavy (non-hydrogen) atoms. The van der Waals surface area contributed by atoms with E-state index in [4.69, 9.17) is 23.4 Å². The summed E-state index contributed by atoms with van der Waals surface area (Å²) in [5.74, 6) is -0.0773. The number of carbonyl (C=O) groups excluding carboxylic acids is 2. The number of Topliss-reactive ketones (excluding diaryl/α,β-unsaturated/α-hetero) is 1. The molecule has 2 spiro atoms. The van der Waals surface area contributed by atoms with E-state index in [2.05, 4.69) is 48.6 Å². The standard InChI is InChI=1S/C26H36BrNO7Si/c1-23-13-19(30)25(27)11-17-20-21(35-36(2,3)4)18-12-24(17,34-22(33-20)28(18)14-29)7-5-16(25)15(23)6-8-26(23)31-9-10-32-26/h11,14-16,18,20-22H,5-10,12-13H2,1-4H3/t15-,16-,18-,20-,21+,22+,23-,24+,25-/m0/s1. The van der Waals surface area contributed by atoms with Crippen molar-refractivity contribution in [1.29, 1.82) is 0 Å². The third-order valence-corrected chi connectivity index (χ3v) is 12.5. The molecule has 4 bridgehead atoms. The lowest BCUT2D eigenvalue weighted by atomic mass is 9.57. The first kappa shape index (κ1) is 24.4. The molecular weight excluding hydrogens is 546 g/mol. The number of amides is 1. The van der Waals surface area contributed by atoms with Gasteiger partial charge in [0.25, 0.3) is 0 Å². The molecule has 8 aliphatic rings. The molecule has 1 amide bonds. The number of hydrogen-bond donors (Lipinski definition) is 0. The van der Waals surface area contributed by atoms with E-state index >= 15 is 0 Å². The summed E-state index contributed by atoms with van der Waals surface area (Å²) < 4.78 is 31.3. The number of fused-ring (bicyclic) bond motifs is 4. The SMILES string of the molecule is C[C@]12CC(=O)[C@]3(Br)C=C4[C@@H]5O[C@@H]6O[C@]4(CC[C@H]3[C@@H]1CCC21OCCO1)C[C@@H]([C@H]5O[Si](C)(C)C)N6C=O. The molecule has 10 heteroatoms. The van der Waals surface area contributed by atoms with E-state index in [1.807, 2.05) is 0 Å². The lowest BCUT2D eigenvalue weighted by Gasteiger charge is -2.63. The second kappa shape index (κ2) is 7.52. The number of halogens is 1. The molecule has 0 aromatic rings. The van der Waals surface area contributed by atoms with Crippen LogP contribution in [0.3, 0.4) is 0 Å². The van der Waals surface area contributed by atoms with Crippen LogP contribution in [0.15, 0.2) is 11.6 Å². The Hall–Kier alpha value is -0.623. The fourth-order valence-corrected chi connectivity index (χ4v) is 10.9. The van der Waals surface area contributed by atoms with E-state index in [0.717, 1.165) is 37.7 Å². The number of hydrogen-bond acceptors (Lipinski definition) is 7. The Balaban J connectivity index is 1.31. The van der Waals surface area contributed by atoms with Crippen LogP contribution in [-0.2, 0) is 33.0 Å². The van der Waals surface area contributed by atoms with Crippen molar-refractivity contribution in [2.75, 3.05) is 13.2 Å². The van der Waals surface area contributed by atoms with Gasteiger partial charge in [0.2, 0.25) is 12.8 Å². The summed E-state index contributed by atoms with van der Waals surface area (Å²) in [4.78, 5) is 27.8. The van der Waals surface area contributed by atoms with Crippen LogP contribution in [0.2, 0.25) is 19.6 Å². The van der Waals surface area contributed by atoms with Crippen LogP contribution in [-0.4, -0.2) is 79.0 Å². The number of nitrogens with zero attached hydrogens (tertiary/aromatic N) is 1. The van der Waals surface area contributed by atoms with E-state index in [-0.39, 0.29) is 41.3 Å². The van der Waals surface area contributed by atoms with Gasteiger partial charge in [-0.25, -0.2) is 0 Å². The Morgan fingerprint density at radius 1 is 1.17 bits per heavy atom. The summed E-state index contributed by atoms with van der Waals surface area (Å²) in [7, 11) is -1.94.